The molecule has 1 aromatic heterocycles. The summed E-state index contributed by atoms with van der Waals surface area (Å²) in [6.07, 6.45) is 0.829. The van der Waals surface area contributed by atoms with E-state index in [9.17, 15) is 9.59 Å². The second kappa shape index (κ2) is 7.92. The van der Waals surface area contributed by atoms with Crippen LogP contribution in [0.5, 0.6) is 5.75 Å². The molecule has 2 amide bonds. The van der Waals surface area contributed by atoms with E-state index in [-0.39, 0.29) is 6.61 Å². The van der Waals surface area contributed by atoms with E-state index in [0.29, 0.717) is 28.2 Å². The van der Waals surface area contributed by atoms with Crippen molar-refractivity contribution in [3.8, 4) is 5.75 Å². The number of nitrogens with one attached hydrogen (secondary N) is 3. The minimum absolute atomic E-state index is 0.0284. The number of anilines is 3. The molecular formula is C19H16BrN5O4. The topological polar surface area (TPSA) is 114 Å². The molecule has 1 saturated heterocycles. The van der Waals surface area contributed by atoms with Gasteiger partial charge < -0.3 is 25.4 Å². The van der Waals surface area contributed by atoms with Crippen LogP contribution in [0.2, 0.25) is 0 Å². The maximum Gasteiger partial charge on any atom is 0.407 e. The molecule has 29 heavy (non-hydrogen) atoms. The molecule has 10 heteroatoms. The Morgan fingerprint density at radius 2 is 2.17 bits per heavy atom. The molecule has 4 rings (SSSR count). The standard InChI is InChI=1S/C19H16BrN5O4/c1-28-16-7-13-12(6-14(16)24-18(26)15-8-29-19(27)25-15)17(22-9-21-13)23-11-4-2-3-10(20)5-11/h2-7,9,15H,8H2,1H3,(H,24,26)(H,25,27)(H,21,22,23). The number of hydrogen-bond acceptors (Lipinski definition) is 7. The first-order valence-electron chi connectivity index (χ1n) is 8.63. The summed E-state index contributed by atoms with van der Waals surface area (Å²) in [5.41, 5.74) is 1.91. The van der Waals surface area contributed by atoms with Crippen LogP contribution in [0.15, 0.2) is 47.2 Å². The van der Waals surface area contributed by atoms with Crippen LogP contribution in [-0.4, -0.2) is 41.7 Å². The molecule has 1 fully saturated rings. The number of carbonyl (C=O) groups is 2. The molecule has 1 aliphatic rings. The van der Waals surface area contributed by atoms with Gasteiger partial charge in [-0.1, -0.05) is 22.0 Å². The number of cyclic esters (lactones) is 1. The third-order valence-electron chi connectivity index (χ3n) is 4.29. The Labute approximate surface area is 173 Å². The largest absolute Gasteiger partial charge is 0.494 e. The number of methoxy groups -OCH3 is 1. The average Bonchev–Trinajstić information content (AvgIpc) is 3.14. The highest BCUT2D eigenvalue weighted by atomic mass is 79.9. The van der Waals surface area contributed by atoms with E-state index in [1.165, 1.54) is 13.4 Å². The Balaban J connectivity index is 1.69. The lowest BCUT2D eigenvalue weighted by molar-refractivity contribution is -0.117. The number of hydrogen-bond donors (Lipinski definition) is 3. The Bertz CT molecular complexity index is 1110. The smallest absolute Gasteiger partial charge is 0.407 e. The van der Waals surface area contributed by atoms with E-state index in [0.717, 1.165) is 10.2 Å². The average molecular weight is 458 g/mol. The highest BCUT2D eigenvalue weighted by Crippen LogP contribution is 2.33. The number of benzene rings is 2. The Hall–Kier alpha value is -3.40. The zero-order valence-corrected chi connectivity index (χ0v) is 16.8. The zero-order chi connectivity index (χ0) is 20.4. The maximum absolute atomic E-state index is 12.5. The second-order valence-electron chi connectivity index (χ2n) is 6.21. The molecular weight excluding hydrogens is 442 g/mol. The number of nitrogens with zero attached hydrogens (tertiary/aromatic N) is 2. The summed E-state index contributed by atoms with van der Waals surface area (Å²) in [4.78, 5) is 32.3. The van der Waals surface area contributed by atoms with Crippen molar-refractivity contribution in [3.63, 3.8) is 0 Å². The van der Waals surface area contributed by atoms with E-state index in [4.69, 9.17) is 9.47 Å². The predicted molar refractivity (Wildman–Crippen MR) is 110 cm³/mol. The third-order valence-corrected chi connectivity index (χ3v) is 4.78. The van der Waals surface area contributed by atoms with Crippen molar-refractivity contribution in [3.05, 3.63) is 47.2 Å². The predicted octanol–water partition coefficient (Wildman–Crippen LogP) is 3.19. The second-order valence-corrected chi connectivity index (χ2v) is 7.13. The van der Waals surface area contributed by atoms with Gasteiger partial charge in [-0.2, -0.15) is 0 Å². The zero-order valence-electron chi connectivity index (χ0n) is 15.2. The lowest BCUT2D eigenvalue weighted by atomic mass is 10.1. The molecule has 2 aromatic carbocycles. The fraction of sp³-hybridized carbons (Fsp3) is 0.158. The molecule has 0 spiro atoms. The number of carbonyl (C=O) groups excluding carboxylic acids is 2. The number of halogens is 1. The quantitative estimate of drug-likeness (QED) is 0.538. The van der Waals surface area contributed by atoms with Crippen molar-refractivity contribution in [1.82, 2.24) is 15.3 Å². The van der Waals surface area contributed by atoms with Gasteiger partial charge in [0.2, 0.25) is 0 Å². The van der Waals surface area contributed by atoms with Crippen LogP contribution in [0.25, 0.3) is 10.9 Å². The van der Waals surface area contributed by atoms with E-state index >= 15 is 0 Å². The van der Waals surface area contributed by atoms with Crippen LogP contribution in [0.4, 0.5) is 22.0 Å². The van der Waals surface area contributed by atoms with Gasteiger partial charge in [0.05, 0.1) is 18.3 Å². The van der Waals surface area contributed by atoms with E-state index in [2.05, 4.69) is 41.8 Å². The monoisotopic (exact) mass is 457 g/mol. The number of ether oxygens (including phenoxy) is 2. The molecule has 0 radical (unpaired) electrons. The molecule has 148 valence electrons. The van der Waals surface area contributed by atoms with Gasteiger partial charge in [0.1, 0.15) is 30.5 Å². The fourth-order valence-corrected chi connectivity index (χ4v) is 3.30. The lowest BCUT2D eigenvalue weighted by Crippen LogP contribution is -2.38. The van der Waals surface area contributed by atoms with Gasteiger partial charge in [-0.15, -0.1) is 0 Å². The van der Waals surface area contributed by atoms with Gasteiger partial charge in [-0.25, -0.2) is 14.8 Å². The molecule has 0 bridgehead atoms. The van der Waals surface area contributed by atoms with Gasteiger partial charge in [0.25, 0.3) is 5.91 Å². The van der Waals surface area contributed by atoms with Crippen molar-refractivity contribution in [2.45, 2.75) is 6.04 Å². The summed E-state index contributed by atoms with van der Waals surface area (Å²) >= 11 is 3.44. The molecule has 3 N–H and O–H groups in total. The molecule has 1 unspecified atom stereocenters. The van der Waals surface area contributed by atoms with Crippen LogP contribution in [0.1, 0.15) is 0 Å². The van der Waals surface area contributed by atoms with E-state index < -0.39 is 18.0 Å². The summed E-state index contributed by atoms with van der Waals surface area (Å²) in [6, 6.07) is 10.3. The van der Waals surface area contributed by atoms with Crippen molar-refractivity contribution >= 4 is 56.0 Å². The van der Waals surface area contributed by atoms with Gasteiger partial charge in [-0.3, -0.25) is 4.79 Å². The van der Waals surface area contributed by atoms with Crippen LogP contribution < -0.4 is 20.7 Å². The third kappa shape index (κ3) is 4.06. The summed E-state index contributed by atoms with van der Waals surface area (Å²) in [5, 5.41) is 9.15. The molecule has 0 saturated carbocycles. The number of amides is 2. The Kier molecular flexibility index (Phi) is 5.17. The SMILES string of the molecule is COc1cc2ncnc(Nc3cccc(Br)c3)c2cc1NC(=O)C1COC(=O)N1. The van der Waals surface area contributed by atoms with Gasteiger partial charge in [-0.05, 0) is 24.3 Å². The van der Waals surface area contributed by atoms with E-state index in [1.807, 2.05) is 24.3 Å². The van der Waals surface area contributed by atoms with Crippen LogP contribution in [0, 0.1) is 0 Å². The fourth-order valence-electron chi connectivity index (χ4n) is 2.90. The Morgan fingerprint density at radius 1 is 1.31 bits per heavy atom. The summed E-state index contributed by atoms with van der Waals surface area (Å²) in [6.45, 7) is -0.0284. The molecule has 3 aromatic rings. The lowest BCUT2D eigenvalue weighted by Gasteiger charge is -2.15. The Morgan fingerprint density at radius 3 is 2.90 bits per heavy atom. The van der Waals surface area contributed by atoms with Crippen LogP contribution >= 0.6 is 15.9 Å². The van der Waals surface area contributed by atoms with Gasteiger partial charge in [0.15, 0.2) is 0 Å². The molecule has 2 heterocycles. The normalized spacial score (nSPS) is 15.5. The van der Waals surface area contributed by atoms with Crippen molar-refractivity contribution in [1.29, 1.82) is 0 Å². The summed E-state index contributed by atoms with van der Waals surface area (Å²) in [7, 11) is 1.50. The molecule has 0 aliphatic carbocycles. The van der Waals surface area contributed by atoms with Crippen LogP contribution in [-0.2, 0) is 9.53 Å². The molecule has 1 atom stereocenters. The summed E-state index contributed by atoms with van der Waals surface area (Å²) in [5.74, 6) is 0.596. The summed E-state index contributed by atoms with van der Waals surface area (Å²) < 4.78 is 11.1. The maximum atomic E-state index is 12.5. The number of fused-ring (bicyclic) bond motifs is 1. The highest BCUT2D eigenvalue weighted by molar-refractivity contribution is 9.10. The first kappa shape index (κ1) is 18.9. The number of alkyl carbamates (subject to hydrolysis) is 1. The number of aromatic nitrogens is 2. The van der Waals surface area contributed by atoms with Crippen LogP contribution in [0.3, 0.4) is 0 Å². The van der Waals surface area contributed by atoms with Crippen molar-refractivity contribution in [2.24, 2.45) is 0 Å². The highest BCUT2D eigenvalue weighted by Gasteiger charge is 2.29. The first-order chi connectivity index (χ1) is 14.0. The first-order valence-corrected chi connectivity index (χ1v) is 9.42. The molecule has 9 nitrogen and oxygen atoms in total. The van der Waals surface area contributed by atoms with Gasteiger partial charge >= 0.3 is 6.09 Å². The van der Waals surface area contributed by atoms with Crippen molar-refractivity contribution < 1.29 is 19.1 Å². The van der Waals surface area contributed by atoms with Crippen molar-refractivity contribution in [2.75, 3.05) is 24.4 Å². The number of rotatable bonds is 5. The minimum atomic E-state index is -0.769. The van der Waals surface area contributed by atoms with E-state index in [1.54, 1.807) is 12.1 Å². The van der Waals surface area contributed by atoms with Gasteiger partial charge in [0, 0.05) is 21.6 Å². The molecule has 1 aliphatic heterocycles. The minimum Gasteiger partial charge on any atom is -0.494 e.